The number of nitrogens with one attached hydrogen (secondary N) is 1. The minimum atomic E-state index is 0.642. The highest BCUT2D eigenvalue weighted by Gasteiger charge is 2.01. The summed E-state index contributed by atoms with van der Waals surface area (Å²) in [4.78, 5) is 13.0. The van der Waals surface area contributed by atoms with E-state index in [4.69, 9.17) is 0 Å². The number of hydrogen-bond acceptors (Lipinski definition) is 4. The molecule has 0 saturated carbocycles. The maximum absolute atomic E-state index is 4.47. The van der Waals surface area contributed by atoms with Crippen LogP contribution in [0.1, 0.15) is 0 Å². The normalized spacial score (nSPS) is 10.9. The number of nitrogens with zero attached hydrogens (tertiary/aromatic N) is 3. The van der Waals surface area contributed by atoms with Crippen LogP contribution in [0.3, 0.4) is 0 Å². The summed E-state index contributed by atoms with van der Waals surface area (Å²) in [6.07, 6.45) is 3.44. The molecule has 0 atom stereocenters. The molecule has 0 aliphatic carbocycles. The number of fused-ring (bicyclic) bond motifs is 2. The molecule has 0 fully saturated rings. The van der Waals surface area contributed by atoms with Crippen molar-refractivity contribution in [3.05, 3.63) is 67.0 Å². The molecular formula is C17H12N4. The molecule has 100 valence electrons. The summed E-state index contributed by atoms with van der Waals surface area (Å²) in [6, 6.07) is 18.2. The summed E-state index contributed by atoms with van der Waals surface area (Å²) in [5, 5.41) is 5.68. The molecule has 4 rings (SSSR count). The van der Waals surface area contributed by atoms with Gasteiger partial charge in [0.05, 0.1) is 6.20 Å². The van der Waals surface area contributed by atoms with Crippen LogP contribution >= 0.6 is 0 Å². The Labute approximate surface area is 121 Å². The van der Waals surface area contributed by atoms with Gasteiger partial charge in [-0.3, -0.25) is 0 Å². The Hall–Kier alpha value is -3.01. The first kappa shape index (κ1) is 11.8. The van der Waals surface area contributed by atoms with E-state index in [1.807, 2.05) is 30.3 Å². The second-order valence-corrected chi connectivity index (χ2v) is 4.79. The molecule has 0 saturated heterocycles. The summed E-state index contributed by atoms with van der Waals surface area (Å²) < 4.78 is 0. The van der Waals surface area contributed by atoms with Gasteiger partial charge < -0.3 is 5.32 Å². The Morgan fingerprint density at radius 3 is 2.67 bits per heavy atom. The van der Waals surface area contributed by atoms with E-state index in [-0.39, 0.29) is 0 Å². The molecule has 0 bridgehead atoms. The summed E-state index contributed by atoms with van der Waals surface area (Å²) in [6.45, 7) is 0. The van der Waals surface area contributed by atoms with E-state index >= 15 is 0 Å². The van der Waals surface area contributed by atoms with Gasteiger partial charge in [0.1, 0.15) is 5.52 Å². The third-order valence-corrected chi connectivity index (χ3v) is 3.34. The van der Waals surface area contributed by atoms with Crippen LogP contribution in [-0.4, -0.2) is 15.0 Å². The summed E-state index contributed by atoms with van der Waals surface area (Å²) >= 11 is 0. The SMILES string of the molecule is c1ccc2cc(Nc3cnc4cccnc4n3)ccc2c1. The van der Waals surface area contributed by atoms with Crippen molar-refractivity contribution < 1.29 is 0 Å². The van der Waals surface area contributed by atoms with E-state index in [1.165, 1.54) is 10.8 Å². The Morgan fingerprint density at radius 1 is 0.810 bits per heavy atom. The molecule has 2 aromatic heterocycles. The second-order valence-electron chi connectivity index (χ2n) is 4.79. The highest BCUT2D eigenvalue weighted by molar-refractivity contribution is 5.86. The van der Waals surface area contributed by atoms with Crippen LogP contribution in [0.4, 0.5) is 11.5 Å². The smallest absolute Gasteiger partial charge is 0.180 e. The highest BCUT2D eigenvalue weighted by Crippen LogP contribution is 2.21. The molecule has 1 N–H and O–H groups in total. The Bertz CT molecular complexity index is 856. The quantitative estimate of drug-likeness (QED) is 0.601. The topological polar surface area (TPSA) is 50.7 Å². The highest BCUT2D eigenvalue weighted by atomic mass is 15.0. The molecule has 21 heavy (non-hydrogen) atoms. The lowest BCUT2D eigenvalue weighted by atomic mass is 10.1. The lowest BCUT2D eigenvalue weighted by Crippen LogP contribution is -1.96. The van der Waals surface area contributed by atoms with Crippen molar-refractivity contribution in [3.63, 3.8) is 0 Å². The standard InChI is InChI=1S/C17H12N4/c1-2-5-13-10-14(8-7-12(13)4-1)20-16-11-19-15-6-3-9-18-17(15)21-16/h1-11H,(H,18,20,21). The molecule has 4 aromatic rings. The maximum Gasteiger partial charge on any atom is 0.180 e. The van der Waals surface area contributed by atoms with Crippen molar-refractivity contribution in [2.75, 3.05) is 5.32 Å². The van der Waals surface area contributed by atoms with Crippen LogP contribution in [0, 0.1) is 0 Å². The lowest BCUT2D eigenvalue weighted by Gasteiger charge is -2.07. The number of aromatic nitrogens is 3. The molecule has 2 heterocycles. The minimum Gasteiger partial charge on any atom is -0.339 e. The molecular weight excluding hydrogens is 260 g/mol. The monoisotopic (exact) mass is 272 g/mol. The third-order valence-electron chi connectivity index (χ3n) is 3.34. The van der Waals surface area contributed by atoms with E-state index in [0.29, 0.717) is 11.5 Å². The molecule has 0 aliphatic heterocycles. The van der Waals surface area contributed by atoms with Gasteiger partial charge in [-0.25, -0.2) is 15.0 Å². The Kier molecular flexibility index (Phi) is 2.71. The predicted molar refractivity (Wildman–Crippen MR) is 84.6 cm³/mol. The summed E-state index contributed by atoms with van der Waals surface area (Å²) in [5.41, 5.74) is 2.42. The van der Waals surface area contributed by atoms with Crippen LogP contribution in [0.2, 0.25) is 0 Å². The average Bonchev–Trinajstić information content (AvgIpc) is 2.55. The van der Waals surface area contributed by atoms with Crippen LogP contribution in [0.5, 0.6) is 0 Å². The maximum atomic E-state index is 4.47. The third kappa shape index (κ3) is 2.27. The van der Waals surface area contributed by atoms with Gasteiger partial charge in [-0.15, -0.1) is 0 Å². The van der Waals surface area contributed by atoms with Crippen LogP contribution in [-0.2, 0) is 0 Å². The zero-order valence-electron chi connectivity index (χ0n) is 11.2. The lowest BCUT2D eigenvalue weighted by molar-refractivity contribution is 1.22. The number of pyridine rings is 1. The first-order chi connectivity index (χ1) is 10.4. The largest absolute Gasteiger partial charge is 0.339 e. The molecule has 0 aliphatic rings. The van der Waals surface area contributed by atoms with Crippen LogP contribution < -0.4 is 5.32 Å². The van der Waals surface area contributed by atoms with Gasteiger partial charge in [-0.1, -0.05) is 30.3 Å². The van der Waals surface area contributed by atoms with Gasteiger partial charge >= 0.3 is 0 Å². The second kappa shape index (κ2) is 4.83. The number of rotatable bonds is 2. The van der Waals surface area contributed by atoms with E-state index < -0.39 is 0 Å². The van der Waals surface area contributed by atoms with Crippen molar-refractivity contribution in [2.45, 2.75) is 0 Å². The van der Waals surface area contributed by atoms with Gasteiger partial charge in [0, 0.05) is 11.9 Å². The summed E-state index contributed by atoms with van der Waals surface area (Å²) in [5.74, 6) is 0.691. The van der Waals surface area contributed by atoms with Gasteiger partial charge in [-0.05, 0) is 35.0 Å². The van der Waals surface area contributed by atoms with Gasteiger partial charge in [-0.2, -0.15) is 0 Å². The van der Waals surface area contributed by atoms with Crippen molar-refractivity contribution in [3.8, 4) is 0 Å². The fourth-order valence-corrected chi connectivity index (χ4v) is 2.32. The zero-order chi connectivity index (χ0) is 14.1. The molecule has 0 unspecified atom stereocenters. The van der Waals surface area contributed by atoms with Gasteiger partial charge in [0.15, 0.2) is 11.5 Å². The first-order valence-corrected chi connectivity index (χ1v) is 6.72. The predicted octanol–water partition coefficient (Wildman–Crippen LogP) is 3.92. The van der Waals surface area contributed by atoms with E-state index in [2.05, 4.69) is 44.5 Å². The Morgan fingerprint density at radius 2 is 1.71 bits per heavy atom. The number of hydrogen-bond donors (Lipinski definition) is 1. The van der Waals surface area contributed by atoms with E-state index in [0.717, 1.165) is 11.2 Å². The van der Waals surface area contributed by atoms with Crippen molar-refractivity contribution >= 4 is 33.4 Å². The Balaban J connectivity index is 1.71. The minimum absolute atomic E-state index is 0.642. The summed E-state index contributed by atoms with van der Waals surface area (Å²) in [7, 11) is 0. The van der Waals surface area contributed by atoms with Crippen molar-refractivity contribution in [1.29, 1.82) is 0 Å². The van der Waals surface area contributed by atoms with Crippen LogP contribution in [0.15, 0.2) is 67.0 Å². The van der Waals surface area contributed by atoms with E-state index in [9.17, 15) is 0 Å². The molecule has 4 heteroatoms. The fraction of sp³-hybridized carbons (Fsp3) is 0. The number of anilines is 2. The fourth-order valence-electron chi connectivity index (χ4n) is 2.32. The van der Waals surface area contributed by atoms with Crippen LogP contribution in [0.25, 0.3) is 21.9 Å². The molecule has 0 spiro atoms. The van der Waals surface area contributed by atoms with E-state index in [1.54, 1.807) is 12.4 Å². The molecule has 0 radical (unpaired) electrons. The van der Waals surface area contributed by atoms with Gasteiger partial charge in [0.2, 0.25) is 0 Å². The number of benzene rings is 2. The first-order valence-electron chi connectivity index (χ1n) is 6.72. The van der Waals surface area contributed by atoms with Crippen molar-refractivity contribution in [1.82, 2.24) is 15.0 Å². The average molecular weight is 272 g/mol. The van der Waals surface area contributed by atoms with Gasteiger partial charge in [0.25, 0.3) is 0 Å². The molecule has 2 aromatic carbocycles. The molecule has 0 amide bonds. The molecule has 4 nitrogen and oxygen atoms in total. The zero-order valence-corrected chi connectivity index (χ0v) is 11.2. The van der Waals surface area contributed by atoms with Crippen molar-refractivity contribution in [2.24, 2.45) is 0 Å².